The predicted molar refractivity (Wildman–Crippen MR) is 151 cm³/mol. The largest absolute Gasteiger partial charge is 0.309 e. The summed E-state index contributed by atoms with van der Waals surface area (Å²) in [5, 5.41) is 3.16. The lowest BCUT2D eigenvalue weighted by atomic mass is 9.48. The third kappa shape index (κ3) is 4.59. The van der Waals surface area contributed by atoms with Gasteiger partial charge in [-0.25, -0.2) is 14.4 Å². The summed E-state index contributed by atoms with van der Waals surface area (Å²) in [6.07, 6.45) is 10.6. The number of anilines is 1. The van der Waals surface area contributed by atoms with Crippen molar-refractivity contribution in [2.75, 3.05) is 5.32 Å². The summed E-state index contributed by atoms with van der Waals surface area (Å²) in [6.45, 7) is 0. The SMILES string of the molecule is O=C(Cc1ccc(I)cc1)Nc1nc2c(nc1CC13CC4CC(CC(C4)C1)C3)-c1ccc(F)cc1CC2. The molecule has 3 aromatic rings. The van der Waals surface area contributed by atoms with E-state index in [-0.39, 0.29) is 17.1 Å². The molecule has 0 atom stereocenters. The zero-order valence-electron chi connectivity index (χ0n) is 20.9. The quantitative estimate of drug-likeness (QED) is 0.321. The van der Waals surface area contributed by atoms with Gasteiger partial charge in [0.2, 0.25) is 5.91 Å². The predicted octanol–water partition coefficient (Wildman–Crippen LogP) is 6.93. The molecule has 0 unspecified atom stereocenters. The molecular weight excluding hydrogens is 576 g/mol. The molecule has 5 aliphatic carbocycles. The number of carbonyl (C=O) groups excluding carboxylic acids is 1. The average Bonchev–Trinajstić information content (AvgIpc) is 2.84. The third-order valence-corrected chi connectivity index (χ3v) is 9.96. The van der Waals surface area contributed by atoms with Gasteiger partial charge in [0, 0.05) is 9.13 Å². The van der Waals surface area contributed by atoms with Crippen molar-refractivity contribution in [1.29, 1.82) is 0 Å². The van der Waals surface area contributed by atoms with Gasteiger partial charge in [-0.1, -0.05) is 12.1 Å². The molecule has 0 saturated heterocycles. The van der Waals surface area contributed by atoms with Crippen molar-refractivity contribution < 1.29 is 9.18 Å². The molecule has 1 aromatic heterocycles. The molecule has 0 radical (unpaired) electrons. The molecule has 0 aliphatic heterocycles. The van der Waals surface area contributed by atoms with Crippen LogP contribution in [-0.4, -0.2) is 15.9 Å². The lowest BCUT2D eigenvalue weighted by molar-refractivity contribution is -0.115. The lowest BCUT2D eigenvalue weighted by Gasteiger charge is -2.57. The number of carbonyl (C=O) groups is 1. The summed E-state index contributed by atoms with van der Waals surface area (Å²) in [5.74, 6) is 2.91. The Balaban J connectivity index is 1.24. The van der Waals surface area contributed by atoms with E-state index in [4.69, 9.17) is 9.97 Å². The first-order chi connectivity index (χ1) is 17.9. The summed E-state index contributed by atoms with van der Waals surface area (Å²) in [7, 11) is 0. The number of aryl methyl sites for hydroxylation is 2. The van der Waals surface area contributed by atoms with Gasteiger partial charge in [0.1, 0.15) is 5.82 Å². The van der Waals surface area contributed by atoms with Crippen molar-refractivity contribution in [3.05, 3.63) is 74.4 Å². The van der Waals surface area contributed by atoms with Crippen LogP contribution in [0.25, 0.3) is 11.3 Å². The number of benzene rings is 2. The minimum Gasteiger partial charge on any atom is -0.309 e. The number of hydrogen-bond acceptors (Lipinski definition) is 3. The van der Waals surface area contributed by atoms with Crippen molar-refractivity contribution in [1.82, 2.24) is 9.97 Å². The molecule has 4 nitrogen and oxygen atoms in total. The van der Waals surface area contributed by atoms with Gasteiger partial charge in [-0.05, 0) is 145 Å². The first-order valence-electron chi connectivity index (χ1n) is 13.6. The first-order valence-corrected chi connectivity index (χ1v) is 14.7. The van der Waals surface area contributed by atoms with Crippen molar-refractivity contribution in [2.24, 2.45) is 23.2 Å². The number of nitrogens with zero attached hydrogens (tertiary/aromatic N) is 2. The maximum Gasteiger partial charge on any atom is 0.229 e. The Hall–Kier alpha value is -2.35. The second-order valence-corrected chi connectivity index (χ2v) is 13.3. The van der Waals surface area contributed by atoms with Crippen molar-refractivity contribution >= 4 is 34.3 Å². The van der Waals surface area contributed by atoms with E-state index in [2.05, 4.69) is 27.9 Å². The van der Waals surface area contributed by atoms with Crippen LogP contribution in [0.2, 0.25) is 0 Å². The minimum absolute atomic E-state index is 0.0551. The standard InChI is InChI=1S/C31H31FIN3O/c32-23-4-7-25-22(13-23)3-8-26-29(25)34-27(17-31-14-19-9-20(15-31)11-21(10-19)16-31)30(35-26)36-28(37)12-18-1-5-24(33)6-2-18/h1-2,4-7,13,19-21H,3,8-12,14-17H2,(H,35,36,37). The molecule has 1 N–H and O–H groups in total. The molecule has 1 heterocycles. The number of hydrogen-bond donors (Lipinski definition) is 1. The highest BCUT2D eigenvalue weighted by Crippen LogP contribution is 2.61. The minimum atomic E-state index is -0.205. The average molecular weight is 608 g/mol. The molecule has 37 heavy (non-hydrogen) atoms. The van der Waals surface area contributed by atoms with Crippen LogP contribution < -0.4 is 5.32 Å². The molecule has 4 saturated carbocycles. The van der Waals surface area contributed by atoms with Crippen LogP contribution in [0.15, 0.2) is 42.5 Å². The zero-order chi connectivity index (χ0) is 25.1. The Labute approximate surface area is 231 Å². The molecule has 1 amide bonds. The van der Waals surface area contributed by atoms with Crippen LogP contribution in [0.5, 0.6) is 0 Å². The number of aromatic nitrogens is 2. The van der Waals surface area contributed by atoms with E-state index in [1.165, 1.54) is 44.6 Å². The van der Waals surface area contributed by atoms with Crippen LogP contribution in [0.3, 0.4) is 0 Å². The summed E-state index contributed by atoms with van der Waals surface area (Å²) < 4.78 is 15.1. The Bertz CT molecular complexity index is 1350. The molecule has 4 fully saturated rings. The maximum absolute atomic E-state index is 14.0. The van der Waals surface area contributed by atoms with Crippen LogP contribution >= 0.6 is 22.6 Å². The maximum atomic E-state index is 14.0. The third-order valence-electron chi connectivity index (χ3n) is 9.24. The molecule has 190 valence electrons. The normalized spacial score (nSPS) is 27.0. The van der Waals surface area contributed by atoms with E-state index in [0.717, 1.165) is 67.9 Å². The van der Waals surface area contributed by atoms with Gasteiger partial charge < -0.3 is 5.32 Å². The van der Waals surface area contributed by atoms with Crippen LogP contribution in [0, 0.1) is 32.6 Å². The number of halogens is 2. The van der Waals surface area contributed by atoms with Gasteiger partial charge in [-0.3, -0.25) is 4.79 Å². The molecule has 5 aliphatic rings. The number of rotatable bonds is 5. The summed E-state index contributed by atoms with van der Waals surface area (Å²) in [4.78, 5) is 23.4. The van der Waals surface area contributed by atoms with Crippen LogP contribution in [-0.2, 0) is 30.5 Å². The van der Waals surface area contributed by atoms with Gasteiger partial charge in [-0.15, -0.1) is 0 Å². The number of fused-ring (bicyclic) bond motifs is 3. The fourth-order valence-electron chi connectivity index (χ4n) is 8.20. The molecule has 6 heteroatoms. The lowest BCUT2D eigenvalue weighted by Crippen LogP contribution is -2.47. The summed E-state index contributed by atoms with van der Waals surface area (Å²) in [6, 6.07) is 13.1. The molecule has 4 bridgehead atoms. The van der Waals surface area contributed by atoms with Crippen molar-refractivity contribution in [2.45, 2.75) is 64.2 Å². The molecular formula is C31H31FIN3O. The van der Waals surface area contributed by atoms with Crippen molar-refractivity contribution in [3.8, 4) is 11.3 Å². The fraction of sp³-hybridized carbons (Fsp3) is 0.452. The Morgan fingerprint density at radius 3 is 2.38 bits per heavy atom. The first kappa shape index (κ1) is 23.7. The van der Waals surface area contributed by atoms with Gasteiger partial charge in [0.15, 0.2) is 5.82 Å². The highest BCUT2D eigenvalue weighted by molar-refractivity contribution is 14.1. The Morgan fingerprint density at radius 2 is 1.68 bits per heavy atom. The van der Waals surface area contributed by atoms with E-state index in [0.29, 0.717) is 18.7 Å². The Kier molecular flexibility index (Phi) is 5.86. The highest BCUT2D eigenvalue weighted by Gasteiger charge is 2.51. The number of nitrogens with one attached hydrogen (secondary N) is 1. The van der Waals surface area contributed by atoms with Gasteiger partial charge in [-0.2, -0.15) is 0 Å². The molecule has 2 aromatic carbocycles. The smallest absolute Gasteiger partial charge is 0.229 e. The molecule has 8 rings (SSSR count). The van der Waals surface area contributed by atoms with E-state index in [1.54, 1.807) is 6.07 Å². The van der Waals surface area contributed by atoms with E-state index in [9.17, 15) is 9.18 Å². The van der Waals surface area contributed by atoms with Crippen LogP contribution in [0.4, 0.5) is 10.2 Å². The van der Waals surface area contributed by atoms with E-state index in [1.807, 2.05) is 30.3 Å². The van der Waals surface area contributed by atoms with Gasteiger partial charge in [0.05, 0.1) is 23.5 Å². The van der Waals surface area contributed by atoms with Crippen molar-refractivity contribution in [3.63, 3.8) is 0 Å². The van der Waals surface area contributed by atoms with E-state index < -0.39 is 0 Å². The zero-order valence-corrected chi connectivity index (χ0v) is 23.1. The summed E-state index contributed by atoms with van der Waals surface area (Å²) >= 11 is 2.28. The van der Waals surface area contributed by atoms with E-state index >= 15 is 0 Å². The fourth-order valence-corrected chi connectivity index (χ4v) is 8.56. The monoisotopic (exact) mass is 607 g/mol. The highest BCUT2D eigenvalue weighted by atomic mass is 127. The second-order valence-electron chi connectivity index (χ2n) is 12.1. The van der Waals surface area contributed by atoms with Gasteiger partial charge >= 0.3 is 0 Å². The Morgan fingerprint density at radius 1 is 0.973 bits per heavy atom. The summed E-state index contributed by atoms with van der Waals surface area (Å²) in [5.41, 5.74) is 5.93. The topological polar surface area (TPSA) is 54.9 Å². The second kappa shape index (κ2) is 9.14. The number of amides is 1. The molecule has 0 spiro atoms. The van der Waals surface area contributed by atoms with Gasteiger partial charge in [0.25, 0.3) is 0 Å². The van der Waals surface area contributed by atoms with Crippen LogP contribution in [0.1, 0.15) is 61.0 Å².